The molecule has 0 aliphatic carbocycles. The van der Waals surface area contributed by atoms with Crippen LogP contribution in [0.2, 0.25) is 0 Å². The summed E-state index contributed by atoms with van der Waals surface area (Å²) in [6, 6.07) is 0. The van der Waals surface area contributed by atoms with Gasteiger partial charge >= 0.3 is 15.2 Å². The minimum atomic E-state index is -3.64. The van der Waals surface area contributed by atoms with Crippen molar-refractivity contribution in [3.8, 4) is 0 Å². The van der Waals surface area contributed by atoms with E-state index in [-0.39, 0.29) is 12.8 Å². The summed E-state index contributed by atoms with van der Waals surface area (Å²) in [5.74, 6) is 0. The number of carbonyl (C=O) groups excluding carboxylic acids is 2. The Balaban J connectivity index is 3.97. The summed E-state index contributed by atoms with van der Waals surface area (Å²) in [5.41, 5.74) is -1.12. The van der Waals surface area contributed by atoms with E-state index in [1.165, 1.54) is 0 Å². The standard InChI is InChI=1S/C12H24O8P2/c1-17-21(15,18-2)11(13)9-7-5-6-8-10-12(14)22(16,19-3)20-4/h5-10H2,1-4H3. The summed E-state index contributed by atoms with van der Waals surface area (Å²) in [6.45, 7) is 0. The molecule has 0 amide bonds. The molecule has 0 saturated carbocycles. The molecular weight excluding hydrogens is 334 g/mol. The lowest BCUT2D eigenvalue weighted by atomic mass is 10.1. The van der Waals surface area contributed by atoms with E-state index >= 15 is 0 Å². The average Bonchev–Trinajstić information content (AvgIpc) is 2.55. The van der Waals surface area contributed by atoms with Crippen LogP contribution in [0.5, 0.6) is 0 Å². The van der Waals surface area contributed by atoms with Gasteiger partial charge in [0.25, 0.3) is 0 Å². The largest absolute Gasteiger partial charge is 0.396 e. The molecule has 22 heavy (non-hydrogen) atoms. The first-order valence-corrected chi connectivity index (χ1v) is 9.88. The molecule has 0 spiro atoms. The smallest absolute Gasteiger partial charge is 0.307 e. The van der Waals surface area contributed by atoms with E-state index in [4.69, 9.17) is 0 Å². The predicted molar refractivity (Wildman–Crippen MR) is 81.0 cm³/mol. The normalized spacial score (nSPS) is 12.4. The lowest BCUT2D eigenvalue weighted by Crippen LogP contribution is -2.04. The van der Waals surface area contributed by atoms with Crippen molar-refractivity contribution in [2.24, 2.45) is 0 Å². The molecule has 0 fully saturated rings. The van der Waals surface area contributed by atoms with Crippen LogP contribution in [0.25, 0.3) is 0 Å². The number of rotatable bonds is 13. The maximum Gasteiger partial charge on any atom is 0.396 e. The molecule has 0 saturated heterocycles. The van der Waals surface area contributed by atoms with Crippen molar-refractivity contribution in [3.63, 3.8) is 0 Å². The Morgan fingerprint density at radius 3 is 1.14 bits per heavy atom. The Morgan fingerprint density at radius 2 is 0.909 bits per heavy atom. The van der Waals surface area contributed by atoms with Gasteiger partial charge in [0.15, 0.2) is 0 Å². The topological polar surface area (TPSA) is 105 Å². The quantitative estimate of drug-likeness (QED) is 0.364. The van der Waals surface area contributed by atoms with E-state index in [2.05, 4.69) is 18.1 Å². The third-order valence-corrected chi connectivity index (χ3v) is 6.70. The number of carbonyl (C=O) groups is 2. The number of unbranched alkanes of at least 4 members (excludes halogenated alkanes) is 3. The van der Waals surface area contributed by atoms with E-state index < -0.39 is 26.2 Å². The Hall–Kier alpha value is -0.360. The van der Waals surface area contributed by atoms with Crippen LogP contribution in [0.4, 0.5) is 0 Å². The van der Waals surface area contributed by atoms with E-state index in [1.54, 1.807) is 0 Å². The molecule has 0 rings (SSSR count). The van der Waals surface area contributed by atoms with Gasteiger partial charge in [0, 0.05) is 41.3 Å². The molecule has 10 heteroatoms. The number of hydrogen-bond acceptors (Lipinski definition) is 8. The Labute approximate surface area is 130 Å². The van der Waals surface area contributed by atoms with Crippen LogP contribution in [-0.2, 0) is 36.8 Å². The Bertz CT molecular complexity index is 404. The molecule has 0 atom stereocenters. The molecule has 0 aliphatic heterocycles. The van der Waals surface area contributed by atoms with Crippen LogP contribution >= 0.6 is 15.2 Å². The highest BCUT2D eigenvalue weighted by atomic mass is 31.2. The van der Waals surface area contributed by atoms with Crippen LogP contribution in [0.15, 0.2) is 0 Å². The fourth-order valence-electron chi connectivity index (χ4n) is 1.74. The molecule has 130 valence electrons. The van der Waals surface area contributed by atoms with Gasteiger partial charge in [-0.25, -0.2) is 0 Å². The van der Waals surface area contributed by atoms with Crippen molar-refractivity contribution in [1.29, 1.82) is 0 Å². The van der Waals surface area contributed by atoms with Gasteiger partial charge in [-0.3, -0.25) is 18.7 Å². The van der Waals surface area contributed by atoms with Crippen molar-refractivity contribution >= 4 is 26.2 Å². The van der Waals surface area contributed by atoms with E-state index in [0.29, 0.717) is 25.7 Å². The molecule has 0 aromatic rings. The first-order chi connectivity index (χ1) is 10.3. The van der Waals surface area contributed by atoms with Crippen molar-refractivity contribution in [2.45, 2.75) is 38.5 Å². The molecular formula is C12H24O8P2. The number of hydrogen-bond donors (Lipinski definition) is 0. The minimum Gasteiger partial charge on any atom is -0.307 e. The molecule has 0 aromatic heterocycles. The molecule has 0 unspecified atom stereocenters. The highest BCUT2D eigenvalue weighted by Crippen LogP contribution is 2.49. The maximum absolute atomic E-state index is 11.7. The van der Waals surface area contributed by atoms with Crippen LogP contribution in [0.1, 0.15) is 38.5 Å². The molecule has 0 aliphatic rings. The zero-order valence-electron chi connectivity index (χ0n) is 13.4. The monoisotopic (exact) mass is 358 g/mol. The second-order valence-corrected chi connectivity index (χ2v) is 8.87. The van der Waals surface area contributed by atoms with Crippen molar-refractivity contribution in [3.05, 3.63) is 0 Å². The van der Waals surface area contributed by atoms with Gasteiger partial charge in [-0.1, -0.05) is 12.8 Å². The summed E-state index contributed by atoms with van der Waals surface area (Å²) < 4.78 is 41.9. The maximum atomic E-state index is 11.7. The molecule has 8 nitrogen and oxygen atoms in total. The van der Waals surface area contributed by atoms with E-state index in [1.807, 2.05) is 0 Å². The highest BCUT2D eigenvalue weighted by molar-refractivity contribution is 7.72. The molecule has 0 radical (unpaired) electrons. The van der Waals surface area contributed by atoms with Crippen molar-refractivity contribution < 1.29 is 36.8 Å². The first-order valence-electron chi connectivity index (χ1n) is 6.79. The SMILES string of the molecule is COP(=O)(OC)C(=O)CCCCCCC(=O)P(=O)(OC)OC. The highest BCUT2D eigenvalue weighted by Gasteiger charge is 2.32. The van der Waals surface area contributed by atoms with Crippen LogP contribution in [0, 0.1) is 0 Å². The van der Waals surface area contributed by atoms with E-state index in [0.717, 1.165) is 28.4 Å². The average molecular weight is 358 g/mol. The molecule has 0 N–H and O–H groups in total. The summed E-state index contributed by atoms with van der Waals surface area (Å²) in [4.78, 5) is 23.3. The zero-order chi connectivity index (χ0) is 17.2. The van der Waals surface area contributed by atoms with Gasteiger partial charge in [0.05, 0.1) is 0 Å². The zero-order valence-corrected chi connectivity index (χ0v) is 15.2. The van der Waals surface area contributed by atoms with Crippen molar-refractivity contribution in [1.82, 2.24) is 0 Å². The third kappa shape index (κ3) is 6.41. The Kier molecular flexibility index (Phi) is 10.3. The molecule has 0 heterocycles. The lowest BCUT2D eigenvalue weighted by molar-refractivity contribution is -0.114. The molecule has 0 aromatic carbocycles. The first kappa shape index (κ1) is 21.6. The fraction of sp³-hybridized carbons (Fsp3) is 0.833. The van der Waals surface area contributed by atoms with Gasteiger partial charge in [0.1, 0.15) is 0 Å². The third-order valence-electron chi connectivity index (χ3n) is 3.10. The van der Waals surface area contributed by atoms with Gasteiger partial charge in [-0.15, -0.1) is 0 Å². The molecule has 0 bridgehead atoms. The second-order valence-electron chi connectivity index (χ2n) is 4.43. The predicted octanol–water partition coefficient (Wildman–Crippen LogP) is 3.35. The van der Waals surface area contributed by atoms with Gasteiger partial charge in [0.2, 0.25) is 11.0 Å². The van der Waals surface area contributed by atoms with E-state index in [9.17, 15) is 18.7 Å². The lowest BCUT2D eigenvalue weighted by Gasteiger charge is -2.12. The van der Waals surface area contributed by atoms with Crippen LogP contribution in [-0.4, -0.2) is 39.5 Å². The Morgan fingerprint density at radius 1 is 0.636 bits per heavy atom. The fourth-order valence-corrected chi connectivity index (χ4v) is 3.71. The van der Waals surface area contributed by atoms with Gasteiger partial charge in [-0.05, 0) is 12.8 Å². The van der Waals surface area contributed by atoms with Crippen LogP contribution < -0.4 is 0 Å². The summed E-state index contributed by atoms with van der Waals surface area (Å²) >= 11 is 0. The van der Waals surface area contributed by atoms with Crippen LogP contribution in [0.3, 0.4) is 0 Å². The van der Waals surface area contributed by atoms with Gasteiger partial charge < -0.3 is 18.1 Å². The van der Waals surface area contributed by atoms with Gasteiger partial charge in [-0.2, -0.15) is 0 Å². The minimum absolute atomic E-state index is 0.0849. The van der Waals surface area contributed by atoms with Crippen molar-refractivity contribution in [2.75, 3.05) is 28.4 Å². The summed E-state index contributed by atoms with van der Waals surface area (Å²) in [5, 5.41) is 0. The second kappa shape index (κ2) is 10.4. The summed E-state index contributed by atoms with van der Waals surface area (Å²) in [6.07, 6.45) is 2.52. The summed E-state index contributed by atoms with van der Waals surface area (Å²) in [7, 11) is -2.62.